The van der Waals surface area contributed by atoms with E-state index in [2.05, 4.69) is 16.3 Å². The summed E-state index contributed by atoms with van der Waals surface area (Å²) < 4.78 is 0. The lowest BCUT2D eigenvalue weighted by atomic mass is 10.0. The second-order valence-corrected chi connectivity index (χ2v) is 6.84. The fraction of sp³-hybridized carbons (Fsp3) is 0.312. The molecular weight excluding hydrogens is 353 g/mol. The summed E-state index contributed by atoms with van der Waals surface area (Å²) in [7, 11) is 0. The van der Waals surface area contributed by atoms with Crippen molar-refractivity contribution in [1.82, 2.24) is 10.2 Å². The van der Waals surface area contributed by atoms with E-state index < -0.39 is 0 Å². The zero-order valence-electron chi connectivity index (χ0n) is 12.5. The number of halogens is 2. The Morgan fingerprint density at radius 2 is 2.26 bits per heavy atom. The lowest BCUT2D eigenvalue weighted by molar-refractivity contribution is 0.100. The number of carbonyl (C=O) groups is 1. The van der Waals surface area contributed by atoms with Crippen LogP contribution in [0, 0.1) is 0 Å². The smallest absolute Gasteiger partial charge is 0.249 e. The van der Waals surface area contributed by atoms with Crippen molar-refractivity contribution in [3.63, 3.8) is 0 Å². The highest BCUT2D eigenvalue weighted by Gasteiger charge is 2.24. The monoisotopic (exact) mass is 371 g/mol. The maximum Gasteiger partial charge on any atom is 0.249 e. The molecule has 124 valence electrons. The van der Waals surface area contributed by atoms with Crippen LogP contribution in [-0.4, -0.2) is 30.4 Å². The maximum atomic E-state index is 11.2. The fourth-order valence-corrected chi connectivity index (χ4v) is 3.87. The van der Waals surface area contributed by atoms with Gasteiger partial charge in [0.15, 0.2) is 0 Å². The standard InChI is InChI=1S/C16H18ClN3OS.ClH/c17-13-3-1-2-11(6-13)15-8-19-4-5-20(15)9-14-7-12(10-22-14)16(18)21;/h1-3,6-7,10,15,19H,4-5,8-9H2,(H2,18,21);1H. The molecule has 1 atom stereocenters. The number of hydrogen-bond acceptors (Lipinski definition) is 4. The van der Waals surface area contributed by atoms with Gasteiger partial charge in [-0.3, -0.25) is 9.69 Å². The maximum absolute atomic E-state index is 11.2. The van der Waals surface area contributed by atoms with Crippen molar-refractivity contribution in [3.05, 3.63) is 56.7 Å². The summed E-state index contributed by atoms with van der Waals surface area (Å²) in [6.07, 6.45) is 0. The van der Waals surface area contributed by atoms with Gasteiger partial charge in [-0.05, 0) is 23.8 Å². The van der Waals surface area contributed by atoms with Crippen LogP contribution in [0.1, 0.15) is 26.8 Å². The molecule has 1 unspecified atom stereocenters. The average molecular weight is 372 g/mol. The third-order valence-electron chi connectivity index (χ3n) is 3.88. The van der Waals surface area contributed by atoms with Gasteiger partial charge in [-0.15, -0.1) is 23.7 Å². The van der Waals surface area contributed by atoms with Crippen LogP contribution in [-0.2, 0) is 6.54 Å². The third-order valence-corrected chi connectivity index (χ3v) is 5.04. The summed E-state index contributed by atoms with van der Waals surface area (Å²) in [5, 5.41) is 6.02. The highest BCUT2D eigenvalue weighted by atomic mass is 35.5. The lowest BCUT2D eigenvalue weighted by Crippen LogP contribution is -2.45. The largest absolute Gasteiger partial charge is 0.366 e. The Morgan fingerprint density at radius 1 is 1.43 bits per heavy atom. The number of nitrogens with zero attached hydrogens (tertiary/aromatic N) is 1. The lowest BCUT2D eigenvalue weighted by Gasteiger charge is -2.36. The van der Waals surface area contributed by atoms with Crippen LogP contribution in [0.5, 0.6) is 0 Å². The molecule has 1 fully saturated rings. The number of amides is 1. The number of benzene rings is 1. The molecule has 0 spiro atoms. The summed E-state index contributed by atoms with van der Waals surface area (Å²) in [4.78, 5) is 14.8. The van der Waals surface area contributed by atoms with Gasteiger partial charge >= 0.3 is 0 Å². The van der Waals surface area contributed by atoms with Crippen LogP contribution >= 0.6 is 35.3 Å². The summed E-state index contributed by atoms with van der Waals surface area (Å²) in [5.41, 5.74) is 7.13. The first-order valence-corrected chi connectivity index (χ1v) is 8.46. The number of nitrogens with two attached hydrogens (primary N) is 1. The second kappa shape index (κ2) is 8.13. The fourth-order valence-electron chi connectivity index (χ4n) is 2.77. The van der Waals surface area contributed by atoms with Crippen molar-refractivity contribution >= 4 is 41.3 Å². The molecule has 0 aliphatic carbocycles. The molecule has 1 aromatic heterocycles. The van der Waals surface area contributed by atoms with E-state index in [9.17, 15) is 4.79 Å². The van der Waals surface area contributed by atoms with Gasteiger partial charge in [-0.25, -0.2) is 0 Å². The van der Waals surface area contributed by atoms with Crippen LogP contribution in [0.2, 0.25) is 5.02 Å². The van der Waals surface area contributed by atoms with Crippen LogP contribution in [0.15, 0.2) is 35.7 Å². The van der Waals surface area contributed by atoms with E-state index in [1.807, 2.05) is 29.6 Å². The Bertz CT molecular complexity index is 677. The normalized spacial score (nSPS) is 18.4. The number of piperazine rings is 1. The first kappa shape index (κ1) is 18.2. The van der Waals surface area contributed by atoms with Gasteiger partial charge in [0, 0.05) is 47.5 Å². The second-order valence-electron chi connectivity index (χ2n) is 5.41. The van der Waals surface area contributed by atoms with Crippen molar-refractivity contribution in [2.45, 2.75) is 12.6 Å². The summed E-state index contributed by atoms with van der Waals surface area (Å²) in [5.74, 6) is -0.366. The van der Waals surface area contributed by atoms with Crippen LogP contribution < -0.4 is 11.1 Å². The first-order valence-electron chi connectivity index (χ1n) is 7.21. The average Bonchev–Trinajstić information content (AvgIpc) is 2.97. The number of rotatable bonds is 4. The Balaban J connectivity index is 0.00000192. The van der Waals surface area contributed by atoms with E-state index in [0.29, 0.717) is 5.56 Å². The topological polar surface area (TPSA) is 58.4 Å². The molecule has 1 amide bonds. The predicted molar refractivity (Wildman–Crippen MR) is 97.6 cm³/mol. The summed E-state index contributed by atoms with van der Waals surface area (Å²) in [6, 6.07) is 10.2. The van der Waals surface area contributed by atoms with E-state index in [1.165, 1.54) is 5.56 Å². The van der Waals surface area contributed by atoms with Crippen molar-refractivity contribution < 1.29 is 4.79 Å². The van der Waals surface area contributed by atoms with E-state index >= 15 is 0 Å². The van der Waals surface area contributed by atoms with E-state index in [1.54, 1.807) is 11.3 Å². The van der Waals surface area contributed by atoms with Gasteiger partial charge in [-0.2, -0.15) is 0 Å². The van der Waals surface area contributed by atoms with Crippen molar-refractivity contribution in [2.24, 2.45) is 5.73 Å². The van der Waals surface area contributed by atoms with Gasteiger partial charge in [-0.1, -0.05) is 23.7 Å². The number of nitrogens with one attached hydrogen (secondary N) is 1. The summed E-state index contributed by atoms with van der Waals surface area (Å²) >= 11 is 7.70. The SMILES string of the molecule is Cl.NC(=O)c1csc(CN2CCNCC2c2cccc(Cl)c2)c1. The molecular formula is C16H19Cl2N3OS. The minimum absolute atomic E-state index is 0. The molecule has 23 heavy (non-hydrogen) atoms. The number of hydrogen-bond donors (Lipinski definition) is 2. The molecule has 3 N–H and O–H groups in total. The molecule has 4 nitrogen and oxygen atoms in total. The summed E-state index contributed by atoms with van der Waals surface area (Å²) in [6.45, 7) is 3.64. The Kier molecular flexibility index (Phi) is 6.44. The van der Waals surface area contributed by atoms with Crippen LogP contribution in [0.3, 0.4) is 0 Å². The van der Waals surface area contributed by atoms with Gasteiger partial charge in [0.05, 0.1) is 5.56 Å². The minimum atomic E-state index is -0.366. The highest BCUT2D eigenvalue weighted by molar-refractivity contribution is 7.10. The molecule has 0 bridgehead atoms. The van der Waals surface area contributed by atoms with Crippen molar-refractivity contribution in [1.29, 1.82) is 0 Å². The zero-order chi connectivity index (χ0) is 15.5. The van der Waals surface area contributed by atoms with Crippen LogP contribution in [0.4, 0.5) is 0 Å². The first-order chi connectivity index (χ1) is 10.6. The Morgan fingerprint density at radius 3 is 2.96 bits per heavy atom. The molecule has 3 rings (SSSR count). The number of carbonyl (C=O) groups excluding carboxylic acids is 1. The molecule has 1 aromatic carbocycles. The zero-order valence-corrected chi connectivity index (χ0v) is 14.9. The number of primary amides is 1. The number of thiophene rings is 1. The molecule has 1 aliphatic heterocycles. The minimum Gasteiger partial charge on any atom is -0.366 e. The molecule has 1 saturated heterocycles. The van der Waals surface area contributed by atoms with Crippen molar-refractivity contribution in [3.8, 4) is 0 Å². The quantitative estimate of drug-likeness (QED) is 0.867. The van der Waals surface area contributed by atoms with E-state index in [4.69, 9.17) is 17.3 Å². The predicted octanol–water partition coefficient (Wildman–Crippen LogP) is 3.07. The molecule has 7 heteroatoms. The molecule has 2 heterocycles. The van der Waals surface area contributed by atoms with Gasteiger partial charge in [0.25, 0.3) is 0 Å². The van der Waals surface area contributed by atoms with E-state index in [-0.39, 0.29) is 24.4 Å². The third kappa shape index (κ3) is 4.46. The van der Waals surface area contributed by atoms with Crippen LogP contribution in [0.25, 0.3) is 0 Å². The molecule has 0 saturated carbocycles. The highest BCUT2D eigenvalue weighted by Crippen LogP contribution is 2.27. The molecule has 2 aromatic rings. The Hall–Kier alpha value is -1.11. The van der Waals surface area contributed by atoms with Gasteiger partial charge < -0.3 is 11.1 Å². The Labute approximate surface area is 151 Å². The molecule has 0 radical (unpaired) electrons. The molecule has 1 aliphatic rings. The van der Waals surface area contributed by atoms with Gasteiger partial charge in [0.2, 0.25) is 5.91 Å². The van der Waals surface area contributed by atoms with E-state index in [0.717, 1.165) is 36.1 Å². The van der Waals surface area contributed by atoms with Gasteiger partial charge in [0.1, 0.15) is 0 Å². The van der Waals surface area contributed by atoms with Crippen molar-refractivity contribution in [2.75, 3.05) is 19.6 Å².